The molecule has 3 aromatic rings. The van der Waals surface area contributed by atoms with Gasteiger partial charge in [-0.3, -0.25) is 0 Å². The Morgan fingerprint density at radius 2 is 2.15 bits per heavy atom. The zero-order valence-corrected chi connectivity index (χ0v) is 10.7. The van der Waals surface area contributed by atoms with Crippen LogP contribution in [0.5, 0.6) is 5.75 Å². The maximum Gasteiger partial charge on any atom is 0.160 e. The van der Waals surface area contributed by atoms with Gasteiger partial charge in [0.05, 0.1) is 24.5 Å². The third kappa shape index (κ3) is 2.21. The third-order valence-corrected chi connectivity index (χ3v) is 2.86. The van der Waals surface area contributed by atoms with Crippen LogP contribution in [0, 0.1) is 5.21 Å². The van der Waals surface area contributed by atoms with Gasteiger partial charge < -0.3 is 20.7 Å². The van der Waals surface area contributed by atoms with E-state index in [1.165, 1.54) is 0 Å². The van der Waals surface area contributed by atoms with Crippen LogP contribution in [0.1, 0.15) is 0 Å². The summed E-state index contributed by atoms with van der Waals surface area (Å²) in [5, 5.41) is 17.9. The molecule has 0 aromatic carbocycles. The fourth-order valence-electron chi connectivity index (χ4n) is 1.91. The second kappa shape index (κ2) is 5.06. The monoisotopic (exact) mass is 270 g/mol. The average Bonchev–Trinajstić information content (AvgIpc) is 2.93. The summed E-state index contributed by atoms with van der Waals surface area (Å²) in [7, 11) is 1.58. The van der Waals surface area contributed by atoms with E-state index in [4.69, 9.17) is 4.74 Å². The minimum Gasteiger partial charge on any atom is -0.761 e. The van der Waals surface area contributed by atoms with Crippen molar-refractivity contribution in [3.05, 3.63) is 48.1 Å². The van der Waals surface area contributed by atoms with E-state index >= 15 is 0 Å². The quantitative estimate of drug-likeness (QED) is 0.708. The van der Waals surface area contributed by atoms with Gasteiger partial charge in [-0.15, -0.1) is 0 Å². The summed E-state index contributed by atoms with van der Waals surface area (Å²) >= 11 is 0. The maximum atomic E-state index is 10.7. The van der Waals surface area contributed by atoms with Gasteiger partial charge in [0.25, 0.3) is 0 Å². The van der Waals surface area contributed by atoms with E-state index in [9.17, 15) is 5.21 Å². The zero-order chi connectivity index (χ0) is 13.9. The maximum absolute atomic E-state index is 10.7. The number of hydrogen-bond acceptors (Lipinski definition) is 6. The molecule has 0 saturated heterocycles. The van der Waals surface area contributed by atoms with Crippen molar-refractivity contribution in [2.45, 2.75) is 0 Å². The molecule has 7 nitrogen and oxygen atoms in total. The topological polar surface area (TPSA) is 86.5 Å². The van der Waals surface area contributed by atoms with Crippen molar-refractivity contribution in [3.8, 4) is 5.75 Å². The molecule has 2 N–H and O–H groups in total. The lowest BCUT2D eigenvalue weighted by Gasteiger charge is -2.13. The first-order chi connectivity index (χ1) is 9.80. The largest absolute Gasteiger partial charge is 0.761 e. The van der Waals surface area contributed by atoms with Gasteiger partial charge >= 0.3 is 0 Å². The Bertz CT molecular complexity index is 740. The Morgan fingerprint density at radius 3 is 2.95 bits per heavy atom. The van der Waals surface area contributed by atoms with Crippen molar-refractivity contribution in [1.29, 1.82) is 0 Å². The summed E-state index contributed by atoms with van der Waals surface area (Å²) in [6.45, 7) is 0. The van der Waals surface area contributed by atoms with E-state index in [1.807, 2.05) is 17.6 Å². The third-order valence-electron chi connectivity index (χ3n) is 2.86. The minimum atomic E-state index is 0.437. The molecule has 0 bridgehead atoms. The molecule has 0 radical (unpaired) electrons. The molecule has 0 fully saturated rings. The number of nitrogens with one attached hydrogen (secondary N) is 2. The molecule has 3 rings (SSSR count). The van der Waals surface area contributed by atoms with Gasteiger partial charge in [0.15, 0.2) is 5.75 Å². The van der Waals surface area contributed by atoms with Crippen molar-refractivity contribution in [1.82, 2.24) is 14.6 Å². The molecular weight excluding hydrogens is 258 g/mol. The molecule has 20 heavy (non-hydrogen) atoms. The summed E-state index contributed by atoms with van der Waals surface area (Å²) in [6.07, 6.45) is 5.03. The van der Waals surface area contributed by atoms with Crippen LogP contribution < -0.4 is 15.5 Å². The second-order valence-electron chi connectivity index (χ2n) is 4.11. The van der Waals surface area contributed by atoms with Crippen LogP contribution in [0.4, 0.5) is 17.2 Å². The summed E-state index contributed by atoms with van der Waals surface area (Å²) < 4.78 is 7.04. The van der Waals surface area contributed by atoms with Crippen LogP contribution in [0.15, 0.2) is 42.9 Å². The number of ether oxygens (including phenoxy) is 1. The predicted octanol–water partition coefficient (Wildman–Crippen LogP) is 2.39. The van der Waals surface area contributed by atoms with E-state index in [-0.39, 0.29) is 0 Å². The van der Waals surface area contributed by atoms with E-state index < -0.39 is 0 Å². The molecule has 0 amide bonds. The fourth-order valence-corrected chi connectivity index (χ4v) is 1.91. The van der Waals surface area contributed by atoms with Crippen molar-refractivity contribution in [2.75, 3.05) is 17.9 Å². The molecule has 0 aliphatic carbocycles. The molecule has 0 atom stereocenters. The van der Waals surface area contributed by atoms with Gasteiger partial charge in [0, 0.05) is 24.1 Å². The molecule has 3 aromatic heterocycles. The highest BCUT2D eigenvalue weighted by Gasteiger charge is 2.07. The molecular formula is C13H12N5O2-. The lowest BCUT2D eigenvalue weighted by molar-refractivity contribution is 0.413. The molecule has 0 aliphatic heterocycles. The van der Waals surface area contributed by atoms with Crippen LogP contribution >= 0.6 is 0 Å². The Morgan fingerprint density at radius 1 is 1.25 bits per heavy atom. The van der Waals surface area contributed by atoms with Crippen LogP contribution in [0.25, 0.3) is 5.52 Å². The number of methoxy groups -OCH3 is 1. The van der Waals surface area contributed by atoms with Gasteiger partial charge in [-0.2, -0.15) is 5.10 Å². The standard InChI is InChI=1S/C13H12N5O2/c1-20-12-8-18-10(3-5-15-18)7-11(12)16-13-6-9(17-19)2-4-14-13/h2-8H,1H3,(H2-,14,16,17,19)/q-1. The number of nitrogens with zero attached hydrogens (tertiary/aromatic N) is 3. The second-order valence-corrected chi connectivity index (χ2v) is 4.11. The number of pyridine rings is 2. The zero-order valence-electron chi connectivity index (χ0n) is 10.7. The first kappa shape index (κ1) is 12.2. The molecule has 7 heteroatoms. The SMILES string of the molecule is COc1cn2nccc2cc1Nc1cc(N[O-])ccn1. The van der Waals surface area contributed by atoms with Gasteiger partial charge in [-0.1, -0.05) is 0 Å². The van der Waals surface area contributed by atoms with Crippen LogP contribution in [0.2, 0.25) is 0 Å². The Labute approximate surface area is 114 Å². The summed E-state index contributed by atoms with van der Waals surface area (Å²) in [4.78, 5) is 4.16. The van der Waals surface area contributed by atoms with Crippen molar-refractivity contribution in [2.24, 2.45) is 0 Å². The normalized spacial score (nSPS) is 10.5. The Kier molecular flexibility index (Phi) is 3.10. The van der Waals surface area contributed by atoms with E-state index in [0.717, 1.165) is 11.2 Å². The van der Waals surface area contributed by atoms with Crippen molar-refractivity contribution < 1.29 is 4.74 Å². The summed E-state index contributed by atoms with van der Waals surface area (Å²) in [5.41, 5.74) is 3.94. The van der Waals surface area contributed by atoms with Crippen LogP contribution in [-0.2, 0) is 0 Å². The fraction of sp³-hybridized carbons (Fsp3) is 0.0769. The Balaban J connectivity index is 1.99. The summed E-state index contributed by atoms with van der Waals surface area (Å²) in [5.74, 6) is 1.18. The number of aromatic nitrogens is 3. The van der Waals surface area contributed by atoms with Gasteiger partial charge in [0.2, 0.25) is 0 Å². The first-order valence-electron chi connectivity index (χ1n) is 5.93. The van der Waals surface area contributed by atoms with Crippen LogP contribution in [0.3, 0.4) is 0 Å². The average molecular weight is 270 g/mol. The lowest BCUT2D eigenvalue weighted by Crippen LogP contribution is -1.99. The predicted molar refractivity (Wildman–Crippen MR) is 76.3 cm³/mol. The highest BCUT2D eigenvalue weighted by molar-refractivity contribution is 5.71. The minimum absolute atomic E-state index is 0.437. The highest BCUT2D eigenvalue weighted by atomic mass is 16.5. The van der Waals surface area contributed by atoms with Crippen molar-refractivity contribution in [3.63, 3.8) is 0 Å². The number of anilines is 3. The van der Waals surface area contributed by atoms with E-state index in [2.05, 4.69) is 15.4 Å². The highest BCUT2D eigenvalue weighted by Crippen LogP contribution is 2.28. The molecule has 102 valence electrons. The van der Waals surface area contributed by atoms with Gasteiger partial charge in [0.1, 0.15) is 5.82 Å². The molecule has 0 aliphatic rings. The molecule has 0 spiro atoms. The Hall–Kier alpha value is -2.80. The van der Waals surface area contributed by atoms with E-state index in [1.54, 1.807) is 42.3 Å². The molecule has 0 saturated carbocycles. The smallest absolute Gasteiger partial charge is 0.160 e. The van der Waals surface area contributed by atoms with E-state index in [0.29, 0.717) is 17.3 Å². The first-order valence-corrected chi connectivity index (χ1v) is 5.93. The van der Waals surface area contributed by atoms with Crippen molar-refractivity contribution >= 4 is 22.7 Å². The van der Waals surface area contributed by atoms with Gasteiger partial charge in [-0.25, -0.2) is 9.50 Å². The summed E-state index contributed by atoms with van der Waals surface area (Å²) in [6, 6.07) is 6.99. The molecule has 0 unspecified atom stereocenters. The number of hydrogen-bond donors (Lipinski definition) is 2. The number of rotatable bonds is 4. The lowest BCUT2D eigenvalue weighted by atomic mass is 10.3. The van der Waals surface area contributed by atoms with Crippen LogP contribution in [-0.4, -0.2) is 21.7 Å². The number of fused-ring (bicyclic) bond motifs is 1. The van der Waals surface area contributed by atoms with Gasteiger partial charge in [-0.05, 0) is 18.2 Å². The molecule has 3 heterocycles.